The van der Waals surface area contributed by atoms with Crippen molar-refractivity contribution in [3.05, 3.63) is 47.0 Å². The van der Waals surface area contributed by atoms with Crippen LogP contribution in [0.5, 0.6) is 0 Å². The molecule has 0 aliphatic carbocycles. The number of benzene rings is 1. The van der Waals surface area contributed by atoms with Crippen LogP contribution < -0.4 is 10.6 Å². The molecule has 0 bridgehead atoms. The van der Waals surface area contributed by atoms with Crippen molar-refractivity contribution < 1.29 is 14.0 Å². The molecule has 0 radical (unpaired) electrons. The fraction of sp³-hybridized carbons (Fsp3) is 0.450. The van der Waals surface area contributed by atoms with E-state index in [9.17, 15) is 14.0 Å². The molecule has 1 aromatic heterocycles. The number of hydrogen-bond acceptors (Lipinski definition) is 4. The molecule has 164 valence electrons. The molecule has 1 aromatic carbocycles. The first kappa shape index (κ1) is 24.1. The lowest BCUT2D eigenvalue weighted by Gasteiger charge is -2.37. The van der Waals surface area contributed by atoms with Gasteiger partial charge in [0.25, 0.3) is 0 Å². The predicted octanol–water partition coefficient (Wildman–Crippen LogP) is 2.60. The number of piperidine rings is 1. The largest absolute Gasteiger partial charge is 0.338 e. The highest BCUT2D eigenvalue weighted by molar-refractivity contribution is 5.95. The first-order valence-electron chi connectivity index (χ1n) is 9.51. The molecule has 2 unspecified atom stereocenters. The summed E-state index contributed by atoms with van der Waals surface area (Å²) in [4.78, 5) is 26.9. The number of nitrogens with zero attached hydrogens (tertiary/aromatic N) is 3. The molecule has 10 heteroatoms. The fourth-order valence-corrected chi connectivity index (χ4v) is 4.22. The minimum absolute atomic E-state index is 0. The normalized spacial score (nSPS) is 20.6. The van der Waals surface area contributed by atoms with Crippen LogP contribution in [0.4, 0.5) is 10.1 Å². The fourth-order valence-electron chi connectivity index (χ4n) is 4.22. The first-order chi connectivity index (χ1) is 13.5. The van der Waals surface area contributed by atoms with Crippen LogP contribution in [0.15, 0.2) is 24.5 Å². The van der Waals surface area contributed by atoms with E-state index < -0.39 is 12.0 Å². The van der Waals surface area contributed by atoms with Crippen LogP contribution in [0.25, 0.3) is 0 Å². The highest BCUT2D eigenvalue weighted by atomic mass is 35.5. The van der Waals surface area contributed by atoms with Crippen LogP contribution in [-0.2, 0) is 29.6 Å². The first-order valence-corrected chi connectivity index (χ1v) is 9.51. The Morgan fingerprint density at radius 1 is 1.27 bits per heavy atom. The third kappa shape index (κ3) is 4.45. The Morgan fingerprint density at radius 3 is 2.73 bits per heavy atom. The van der Waals surface area contributed by atoms with Crippen LogP contribution in [0.1, 0.15) is 35.6 Å². The average molecular weight is 458 g/mol. The van der Waals surface area contributed by atoms with Gasteiger partial charge in [-0.2, -0.15) is 5.10 Å². The number of hydrogen-bond donors (Lipinski definition) is 2. The van der Waals surface area contributed by atoms with Gasteiger partial charge in [0.15, 0.2) is 0 Å². The molecule has 7 nitrogen and oxygen atoms in total. The number of carbonyl (C=O) groups excluding carboxylic acids is 2. The third-order valence-electron chi connectivity index (χ3n) is 5.73. The van der Waals surface area contributed by atoms with E-state index in [2.05, 4.69) is 15.7 Å². The minimum atomic E-state index is -0.469. The summed E-state index contributed by atoms with van der Waals surface area (Å²) in [6.45, 7) is 1.36. The molecule has 0 saturated carbocycles. The molecular formula is C20H26Cl2FN5O2. The molecule has 2 atom stereocenters. The van der Waals surface area contributed by atoms with Gasteiger partial charge in [0, 0.05) is 38.8 Å². The molecule has 1 saturated heterocycles. The van der Waals surface area contributed by atoms with E-state index in [0.717, 1.165) is 17.7 Å². The lowest BCUT2D eigenvalue weighted by Crippen LogP contribution is -2.44. The summed E-state index contributed by atoms with van der Waals surface area (Å²) in [5.74, 6) is -1.11. The maximum atomic E-state index is 14.9. The summed E-state index contributed by atoms with van der Waals surface area (Å²) in [6, 6.07) is 3.06. The number of aromatic nitrogens is 2. The standard InChI is InChI=1S/C20H24FN5O2.2ClH/c1-25-11-13(10-23-25)19-15(4-6-17(27)26(19)2)20(28)24-16-5-3-12-9-22-8-7-14(12)18(16)21;;/h3,5,10-11,15,19,22H,4,6-9H2,1-2H3,(H,24,28);2*1H. The van der Waals surface area contributed by atoms with Crippen molar-refractivity contribution in [2.75, 3.05) is 18.9 Å². The van der Waals surface area contributed by atoms with Crippen molar-refractivity contribution in [1.29, 1.82) is 0 Å². The van der Waals surface area contributed by atoms with E-state index in [1.165, 1.54) is 0 Å². The molecule has 2 N–H and O–H groups in total. The van der Waals surface area contributed by atoms with Crippen molar-refractivity contribution in [2.45, 2.75) is 31.8 Å². The molecule has 1 fully saturated rings. The van der Waals surface area contributed by atoms with Gasteiger partial charge in [-0.1, -0.05) is 6.07 Å². The van der Waals surface area contributed by atoms with E-state index in [1.807, 2.05) is 12.3 Å². The van der Waals surface area contributed by atoms with Gasteiger partial charge in [-0.25, -0.2) is 4.39 Å². The number of carbonyl (C=O) groups is 2. The number of nitrogens with one attached hydrogen (secondary N) is 2. The quantitative estimate of drug-likeness (QED) is 0.742. The monoisotopic (exact) mass is 457 g/mol. The van der Waals surface area contributed by atoms with Crippen LogP contribution in [0, 0.1) is 11.7 Å². The number of amides is 2. The van der Waals surface area contributed by atoms with E-state index >= 15 is 0 Å². The molecule has 30 heavy (non-hydrogen) atoms. The van der Waals surface area contributed by atoms with Crippen LogP contribution in [0.3, 0.4) is 0 Å². The Balaban J connectivity index is 0.00000160. The molecule has 2 amide bonds. The topological polar surface area (TPSA) is 79.3 Å². The Kier molecular flexibility index (Phi) is 7.85. The van der Waals surface area contributed by atoms with Gasteiger partial charge in [-0.05, 0) is 36.6 Å². The maximum Gasteiger partial charge on any atom is 0.230 e. The summed E-state index contributed by atoms with van der Waals surface area (Å²) in [7, 11) is 3.49. The SMILES string of the molecule is CN1C(=O)CCC(C(=O)Nc2ccc3c(c2F)CCNC3)C1c1cnn(C)c1.Cl.Cl. The second kappa shape index (κ2) is 9.76. The zero-order valence-corrected chi connectivity index (χ0v) is 18.5. The van der Waals surface area contributed by atoms with Gasteiger partial charge >= 0.3 is 0 Å². The Hall–Kier alpha value is -2.16. The summed E-state index contributed by atoms with van der Waals surface area (Å²) < 4.78 is 16.6. The number of fused-ring (bicyclic) bond motifs is 1. The van der Waals surface area contributed by atoms with Crippen molar-refractivity contribution >= 4 is 42.3 Å². The van der Waals surface area contributed by atoms with Gasteiger partial charge in [0.2, 0.25) is 11.8 Å². The van der Waals surface area contributed by atoms with Crippen LogP contribution in [-0.4, -0.2) is 40.1 Å². The minimum Gasteiger partial charge on any atom is -0.338 e. The van der Waals surface area contributed by atoms with E-state index in [4.69, 9.17) is 0 Å². The van der Waals surface area contributed by atoms with Crippen molar-refractivity contribution in [1.82, 2.24) is 20.0 Å². The number of likely N-dealkylation sites (tertiary alicyclic amines) is 1. The second-order valence-corrected chi connectivity index (χ2v) is 7.52. The number of halogens is 3. The zero-order valence-electron chi connectivity index (χ0n) is 16.9. The molecular weight excluding hydrogens is 432 g/mol. The van der Waals surface area contributed by atoms with Crippen molar-refractivity contribution in [2.24, 2.45) is 13.0 Å². The number of anilines is 1. The highest BCUT2D eigenvalue weighted by Crippen LogP contribution is 2.36. The molecule has 2 aliphatic heterocycles. The maximum absolute atomic E-state index is 14.9. The number of rotatable bonds is 3. The lowest BCUT2D eigenvalue weighted by molar-refractivity contribution is -0.140. The molecule has 3 heterocycles. The average Bonchev–Trinajstić information content (AvgIpc) is 3.12. The smallest absolute Gasteiger partial charge is 0.230 e. The van der Waals surface area contributed by atoms with Gasteiger partial charge in [-0.3, -0.25) is 14.3 Å². The van der Waals surface area contributed by atoms with Crippen molar-refractivity contribution in [3.8, 4) is 0 Å². The van der Waals surface area contributed by atoms with Gasteiger partial charge in [0.1, 0.15) is 5.82 Å². The Morgan fingerprint density at radius 2 is 2.03 bits per heavy atom. The summed E-state index contributed by atoms with van der Waals surface area (Å²) in [5.41, 5.74) is 2.60. The lowest BCUT2D eigenvalue weighted by atomic mass is 9.85. The molecule has 0 spiro atoms. The zero-order chi connectivity index (χ0) is 19.8. The highest BCUT2D eigenvalue weighted by Gasteiger charge is 2.39. The van der Waals surface area contributed by atoms with E-state index in [1.54, 1.807) is 35.9 Å². The summed E-state index contributed by atoms with van der Waals surface area (Å²) in [5, 5.41) is 10.2. The molecule has 4 rings (SSSR count). The molecule has 2 aromatic rings. The molecule has 2 aliphatic rings. The Bertz CT molecular complexity index is 936. The van der Waals surface area contributed by atoms with Gasteiger partial charge in [-0.15, -0.1) is 24.8 Å². The summed E-state index contributed by atoms with van der Waals surface area (Å²) >= 11 is 0. The van der Waals surface area contributed by atoms with E-state index in [-0.39, 0.29) is 48.1 Å². The second-order valence-electron chi connectivity index (χ2n) is 7.52. The predicted molar refractivity (Wildman–Crippen MR) is 116 cm³/mol. The summed E-state index contributed by atoms with van der Waals surface area (Å²) in [6.07, 6.45) is 4.80. The van der Waals surface area contributed by atoms with E-state index in [0.29, 0.717) is 31.4 Å². The van der Waals surface area contributed by atoms with Gasteiger partial charge < -0.3 is 15.5 Å². The van der Waals surface area contributed by atoms with Crippen LogP contribution in [0.2, 0.25) is 0 Å². The van der Waals surface area contributed by atoms with Gasteiger partial charge in [0.05, 0.1) is 23.8 Å². The number of aryl methyl sites for hydroxylation is 1. The van der Waals surface area contributed by atoms with Crippen LogP contribution >= 0.6 is 24.8 Å². The van der Waals surface area contributed by atoms with Crippen molar-refractivity contribution in [3.63, 3.8) is 0 Å². The Labute approximate surface area is 187 Å². The third-order valence-corrected chi connectivity index (χ3v) is 5.73.